The molecule has 2 N–H and O–H groups in total. The molecule has 0 aliphatic heterocycles. The van der Waals surface area contributed by atoms with Gasteiger partial charge in [0.2, 0.25) is 0 Å². The summed E-state index contributed by atoms with van der Waals surface area (Å²) in [5.41, 5.74) is 0.709. The molecule has 0 fully saturated rings. The standard InChI is InChI=1S/C16H26N2O2/c1-4-5-8-11-17-16(19)18-14-9-6-7-10-15(14)20-12-13(2)3/h6-7,9-10,13H,4-5,8,11-12H2,1-3H3,(H2,17,18,19). The molecule has 0 aliphatic carbocycles. The number of hydrogen-bond donors (Lipinski definition) is 2. The summed E-state index contributed by atoms with van der Waals surface area (Å²) >= 11 is 0. The number of amides is 2. The van der Waals surface area contributed by atoms with Gasteiger partial charge in [-0.2, -0.15) is 0 Å². The van der Waals surface area contributed by atoms with Crippen molar-refractivity contribution >= 4 is 11.7 Å². The van der Waals surface area contributed by atoms with Crippen LogP contribution in [-0.4, -0.2) is 19.2 Å². The highest BCUT2D eigenvalue weighted by molar-refractivity contribution is 5.90. The number of anilines is 1. The maximum absolute atomic E-state index is 11.8. The van der Waals surface area contributed by atoms with E-state index in [4.69, 9.17) is 4.74 Å². The van der Waals surface area contributed by atoms with E-state index in [9.17, 15) is 4.79 Å². The normalized spacial score (nSPS) is 10.4. The van der Waals surface area contributed by atoms with Crippen LogP contribution < -0.4 is 15.4 Å². The van der Waals surface area contributed by atoms with Crippen molar-refractivity contribution in [1.82, 2.24) is 5.32 Å². The van der Waals surface area contributed by atoms with E-state index in [1.807, 2.05) is 24.3 Å². The van der Waals surface area contributed by atoms with Crippen molar-refractivity contribution in [2.45, 2.75) is 40.0 Å². The van der Waals surface area contributed by atoms with Gasteiger partial charge in [-0.15, -0.1) is 0 Å². The molecule has 1 rings (SSSR count). The van der Waals surface area contributed by atoms with Gasteiger partial charge in [0, 0.05) is 6.54 Å². The molecule has 112 valence electrons. The molecule has 0 spiro atoms. The van der Waals surface area contributed by atoms with Crippen LogP contribution >= 0.6 is 0 Å². The molecule has 0 aliphatic rings. The second-order valence-electron chi connectivity index (χ2n) is 5.29. The summed E-state index contributed by atoms with van der Waals surface area (Å²) in [5.74, 6) is 1.16. The van der Waals surface area contributed by atoms with Gasteiger partial charge in [0.05, 0.1) is 12.3 Å². The van der Waals surface area contributed by atoms with Crippen LogP contribution in [-0.2, 0) is 0 Å². The van der Waals surface area contributed by atoms with E-state index in [1.165, 1.54) is 0 Å². The van der Waals surface area contributed by atoms with E-state index in [2.05, 4.69) is 31.4 Å². The van der Waals surface area contributed by atoms with Gasteiger partial charge >= 0.3 is 6.03 Å². The molecule has 20 heavy (non-hydrogen) atoms. The predicted molar refractivity (Wildman–Crippen MR) is 83.3 cm³/mol. The van der Waals surface area contributed by atoms with Crippen molar-refractivity contribution in [3.63, 3.8) is 0 Å². The van der Waals surface area contributed by atoms with Gasteiger partial charge in [-0.25, -0.2) is 4.79 Å². The zero-order valence-corrected chi connectivity index (χ0v) is 12.7. The highest BCUT2D eigenvalue weighted by Gasteiger charge is 2.07. The molecule has 0 aromatic heterocycles. The number of rotatable bonds is 8. The van der Waals surface area contributed by atoms with Crippen LogP contribution in [0.4, 0.5) is 10.5 Å². The third-order valence-electron chi connectivity index (χ3n) is 2.77. The molecule has 0 atom stereocenters. The first-order valence-corrected chi connectivity index (χ1v) is 7.40. The average Bonchev–Trinajstić information content (AvgIpc) is 2.42. The van der Waals surface area contributed by atoms with Crippen LogP contribution in [0.25, 0.3) is 0 Å². The fourth-order valence-corrected chi connectivity index (χ4v) is 1.70. The van der Waals surface area contributed by atoms with Crippen molar-refractivity contribution in [1.29, 1.82) is 0 Å². The lowest BCUT2D eigenvalue weighted by molar-refractivity contribution is 0.251. The molecule has 1 aromatic rings. The largest absolute Gasteiger partial charge is 0.491 e. The Morgan fingerprint density at radius 1 is 1.25 bits per heavy atom. The number of carbonyl (C=O) groups excluding carboxylic acids is 1. The molecule has 0 unspecified atom stereocenters. The number of urea groups is 1. The van der Waals surface area contributed by atoms with Crippen LogP contribution in [0.2, 0.25) is 0 Å². The van der Waals surface area contributed by atoms with Crippen molar-refractivity contribution in [3.8, 4) is 5.75 Å². The first-order valence-electron chi connectivity index (χ1n) is 7.40. The van der Waals surface area contributed by atoms with Gasteiger partial charge in [0.15, 0.2) is 0 Å². The molecular formula is C16H26N2O2. The van der Waals surface area contributed by atoms with Gasteiger partial charge in [0.25, 0.3) is 0 Å². The lowest BCUT2D eigenvalue weighted by Gasteiger charge is -2.14. The van der Waals surface area contributed by atoms with Crippen LogP contribution in [0.15, 0.2) is 24.3 Å². The molecule has 4 heteroatoms. The molecule has 0 saturated heterocycles. The predicted octanol–water partition coefficient (Wildman–Crippen LogP) is 4.03. The second kappa shape index (κ2) is 9.23. The number of hydrogen-bond acceptors (Lipinski definition) is 2. The summed E-state index contributed by atoms with van der Waals surface area (Å²) in [6.07, 6.45) is 3.29. The molecule has 0 saturated carbocycles. The van der Waals surface area contributed by atoms with Gasteiger partial charge in [-0.1, -0.05) is 45.7 Å². The number of benzene rings is 1. The van der Waals surface area contributed by atoms with Crippen LogP contribution in [0.3, 0.4) is 0 Å². The van der Waals surface area contributed by atoms with E-state index >= 15 is 0 Å². The zero-order chi connectivity index (χ0) is 14.8. The highest BCUT2D eigenvalue weighted by Crippen LogP contribution is 2.24. The molecular weight excluding hydrogens is 252 g/mol. The fraction of sp³-hybridized carbons (Fsp3) is 0.562. The molecule has 0 bridgehead atoms. The SMILES string of the molecule is CCCCCNC(=O)Nc1ccccc1OCC(C)C. The fourth-order valence-electron chi connectivity index (χ4n) is 1.70. The molecule has 1 aromatic carbocycles. The molecule has 0 radical (unpaired) electrons. The number of nitrogens with one attached hydrogen (secondary N) is 2. The Morgan fingerprint density at radius 3 is 2.70 bits per heavy atom. The minimum absolute atomic E-state index is 0.179. The maximum Gasteiger partial charge on any atom is 0.319 e. The van der Waals surface area contributed by atoms with Crippen molar-refractivity contribution in [2.24, 2.45) is 5.92 Å². The topological polar surface area (TPSA) is 50.4 Å². The zero-order valence-electron chi connectivity index (χ0n) is 12.7. The molecule has 0 heterocycles. The summed E-state index contributed by atoms with van der Waals surface area (Å²) in [6.45, 7) is 7.67. The van der Waals surface area contributed by atoms with E-state index in [-0.39, 0.29) is 6.03 Å². The number of ether oxygens (including phenoxy) is 1. The number of unbranched alkanes of at least 4 members (excludes halogenated alkanes) is 2. The smallest absolute Gasteiger partial charge is 0.319 e. The van der Waals surface area contributed by atoms with Crippen molar-refractivity contribution in [2.75, 3.05) is 18.5 Å². The Labute approximate surface area is 121 Å². The summed E-state index contributed by atoms with van der Waals surface area (Å²) in [6, 6.07) is 7.33. The third-order valence-corrected chi connectivity index (χ3v) is 2.77. The van der Waals surface area contributed by atoms with Crippen molar-refractivity contribution < 1.29 is 9.53 Å². The lowest BCUT2D eigenvalue weighted by Crippen LogP contribution is -2.29. The first-order chi connectivity index (χ1) is 9.63. The second-order valence-corrected chi connectivity index (χ2v) is 5.29. The third kappa shape index (κ3) is 6.45. The minimum Gasteiger partial charge on any atom is -0.491 e. The monoisotopic (exact) mass is 278 g/mol. The maximum atomic E-state index is 11.8. The average molecular weight is 278 g/mol. The Hall–Kier alpha value is -1.71. The van der Waals surface area contributed by atoms with Crippen LogP contribution in [0, 0.1) is 5.92 Å². The lowest BCUT2D eigenvalue weighted by atomic mass is 10.2. The van der Waals surface area contributed by atoms with Gasteiger partial charge in [-0.3, -0.25) is 0 Å². The van der Waals surface area contributed by atoms with Crippen LogP contribution in [0.5, 0.6) is 5.75 Å². The van der Waals surface area contributed by atoms with Gasteiger partial charge < -0.3 is 15.4 Å². The first kappa shape index (κ1) is 16.3. The highest BCUT2D eigenvalue weighted by atomic mass is 16.5. The quantitative estimate of drug-likeness (QED) is 0.705. The molecule has 2 amide bonds. The number of carbonyl (C=O) groups is 1. The Balaban J connectivity index is 2.47. The van der Waals surface area contributed by atoms with Gasteiger partial charge in [0.1, 0.15) is 5.75 Å². The van der Waals surface area contributed by atoms with E-state index < -0.39 is 0 Å². The summed E-state index contributed by atoms with van der Waals surface area (Å²) < 4.78 is 5.70. The van der Waals surface area contributed by atoms with Crippen LogP contribution in [0.1, 0.15) is 40.0 Å². The van der Waals surface area contributed by atoms with Gasteiger partial charge in [-0.05, 0) is 24.5 Å². The van der Waals surface area contributed by atoms with E-state index in [0.717, 1.165) is 19.3 Å². The minimum atomic E-state index is -0.179. The molecule has 4 nitrogen and oxygen atoms in total. The summed E-state index contributed by atoms with van der Waals surface area (Å²) in [5, 5.41) is 5.69. The van der Waals surface area contributed by atoms with E-state index in [1.54, 1.807) is 0 Å². The summed E-state index contributed by atoms with van der Waals surface area (Å²) in [7, 11) is 0. The Bertz CT molecular complexity index is 405. The van der Waals surface area contributed by atoms with Crippen molar-refractivity contribution in [3.05, 3.63) is 24.3 Å². The summed E-state index contributed by atoms with van der Waals surface area (Å²) in [4.78, 5) is 11.8. The Kier molecular flexibility index (Phi) is 7.55. The van der Waals surface area contributed by atoms with E-state index in [0.29, 0.717) is 30.5 Å². The number of para-hydroxylation sites is 2. The Morgan fingerprint density at radius 2 is 2.00 bits per heavy atom.